The van der Waals surface area contributed by atoms with Crippen molar-refractivity contribution in [2.75, 3.05) is 0 Å². The Morgan fingerprint density at radius 2 is 1.94 bits per heavy atom. The Morgan fingerprint density at radius 3 is 2.48 bits per heavy atom. The highest BCUT2D eigenvalue weighted by Gasteiger charge is 2.39. The van der Waals surface area contributed by atoms with Gasteiger partial charge in [0.1, 0.15) is 10.9 Å². The Morgan fingerprint density at radius 1 is 1.23 bits per heavy atom. The minimum atomic E-state index is -4.72. The van der Waals surface area contributed by atoms with E-state index in [4.69, 9.17) is 0 Å². The molecule has 0 saturated heterocycles. The Labute approximate surface area is 175 Å². The van der Waals surface area contributed by atoms with Gasteiger partial charge in [-0.25, -0.2) is 12.8 Å². The summed E-state index contributed by atoms with van der Waals surface area (Å²) in [7, 11) is -4.42. The second kappa shape index (κ2) is 7.49. The first-order chi connectivity index (χ1) is 14.5. The number of halogens is 4. The topological polar surface area (TPSA) is 84.2 Å². The van der Waals surface area contributed by atoms with E-state index in [-0.39, 0.29) is 6.04 Å². The third kappa shape index (κ3) is 3.99. The smallest absolute Gasteiger partial charge is 0.404 e. The molecule has 2 heterocycles. The molecule has 0 amide bonds. The van der Waals surface area contributed by atoms with E-state index in [1.165, 1.54) is 24.3 Å². The van der Waals surface area contributed by atoms with Gasteiger partial charge in [0, 0.05) is 23.7 Å². The molecule has 6 nitrogen and oxygen atoms in total. The number of pyridine rings is 1. The lowest BCUT2D eigenvalue weighted by atomic mass is 9.92. The number of fused-ring (bicyclic) bond motifs is 1. The number of hydrogen-bond acceptors (Lipinski definition) is 4. The van der Waals surface area contributed by atoms with E-state index in [1.54, 1.807) is 10.8 Å². The van der Waals surface area contributed by atoms with Crippen molar-refractivity contribution in [2.45, 2.75) is 49.3 Å². The van der Waals surface area contributed by atoms with Crippen molar-refractivity contribution in [1.29, 1.82) is 0 Å². The van der Waals surface area contributed by atoms with Crippen LogP contribution < -0.4 is 4.72 Å². The molecule has 1 aliphatic carbocycles. The van der Waals surface area contributed by atoms with Gasteiger partial charge >= 0.3 is 6.18 Å². The third-order valence-corrected chi connectivity index (χ3v) is 7.01. The molecule has 2 aromatic heterocycles. The van der Waals surface area contributed by atoms with E-state index in [2.05, 4.69) is 4.98 Å². The minimum Gasteiger partial charge on any atom is -0.505 e. The van der Waals surface area contributed by atoms with Gasteiger partial charge in [-0.3, -0.25) is 4.98 Å². The van der Waals surface area contributed by atoms with Crippen LogP contribution in [0.25, 0.3) is 22.3 Å². The van der Waals surface area contributed by atoms with Gasteiger partial charge in [-0.05, 0) is 50.5 Å². The zero-order valence-electron chi connectivity index (χ0n) is 16.3. The first-order valence-electron chi connectivity index (χ1n) is 9.56. The van der Waals surface area contributed by atoms with Crippen LogP contribution in [0.4, 0.5) is 17.6 Å². The number of benzene rings is 1. The van der Waals surface area contributed by atoms with Crippen LogP contribution in [-0.4, -0.2) is 35.3 Å². The monoisotopic (exact) mass is 457 g/mol. The highest BCUT2D eigenvalue weighted by molar-refractivity contribution is 7.89. The van der Waals surface area contributed by atoms with Gasteiger partial charge < -0.3 is 9.67 Å². The summed E-state index contributed by atoms with van der Waals surface area (Å²) in [4.78, 5) is 3.75. The quantitative estimate of drug-likeness (QED) is 0.553. The summed E-state index contributed by atoms with van der Waals surface area (Å²) in [5.74, 6) is -1.24. The molecule has 0 spiro atoms. The number of aromatic hydroxyl groups is 1. The molecule has 11 heteroatoms. The van der Waals surface area contributed by atoms with Crippen LogP contribution in [0, 0.1) is 5.82 Å². The van der Waals surface area contributed by atoms with Crippen LogP contribution >= 0.6 is 0 Å². The number of rotatable bonds is 5. The van der Waals surface area contributed by atoms with Gasteiger partial charge in [-0.1, -0.05) is 0 Å². The van der Waals surface area contributed by atoms with Gasteiger partial charge in [-0.15, -0.1) is 0 Å². The van der Waals surface area contributed by atoms with Gasteiger partial charge in [0.25, 0.3) is 0 Å². The molecule has 1 aromatic carbocycles. The number of alkyl halides is 3. The van der Waals surface area contributed by atoms with E-state index in [1.807, 2.05) is 4.57 Å². The van der Waals surface area contributed by atoms with Crippen molar-refractivity contribution in [2.24, 2.45) is 0 Å². The fourth-order valence-corrected chi connectivity index (χ4v) is 4.70. The van der Waals surface area contributed by atoms with E-state index in [0.29, 0.717) is 29.2 Å². The fourth-order valence-electron chi connectivity index (χ4n) is 3.53. The summed E-state index contributed by atoms with van der Waals surface area (Å²) in [6.45, 7) is 0.713. The summed E-state index contributed by atoms with van der Waals surface area (Å²) < 4.78 is 80.0. The van der Waals surface area contributed by atoms with E-state index >= 15 is 0 Å². The van der Waals surface area contributed by atoms with Crippen molar-refractivity contribution in [3.63, 3.8) is 0 Å². The van der Waals surface area contributed by atoms with E-state index in [9.17, 15) is 31.1 Å². The average Bonchev–Trinajstić information content (AvgIpc) is 2.98. The van der Waals surface area contributed by atoms with Crippen LogP contribution in [0.1, 0.15) is 32.2 Å². The largest absolute Gasteiger partial charge is 0.505 e. The highest BCUT2D eigenvalue weighted by atomic mass is 32.2. The van der Waals surface area contributed by atoms with Crippen molar-refractivity contribution in [1.82, 2.24) is 14.3 Å². The molecule has 1 saturated carbocycles. The molecule has 0 radical (unpaired) electrons. The molecular formula is C20H19F4N3O3S. The Hall–Kier alpha value is -2.66. The Balaban J connectivity index is 1.73. The van der Waals surface area contributed by atoms with Gasteiger partial charge in [0.15, 0.2) is 11.6 Å². The number of phenolic OH excluding ortho intramolecular Hbond substituents is 1. The van der Waals surface area contributed by atoms with Crippen LogP contribution in [-0.2, 0) is 10.0 Å². The van der Waals surface area contributed by atoms with Crippen molar-refractivity contribution >= 4 is 20.9 Å². The number of hydrogen-bond donors (Lipinski definition) is 2. The maximum atomic E-state index is 13.8. The number of aromatic nitrogens is 2. The fraction of sp³-hybridized carbons (Fsp3) is 0.350. The lowest BCUT2D eigenvalue weighted by molar-refractivity contribution is -0.147. The average molecular weight is 457 g/mol. The first-order valence-corrected chi connectivity index (χ1v) is 11.0. The molecule has 1 atom stereocenters. The Kier molecular flexibility index (Phi) is 5.21. The van der Waals surface area contributed by atoms with E-state index in [0.717, 1.165) is 25.5 Å². The molecular weight excluding hydrogens is 438 g/mol. The normalized spacial score (nSPS) is 16.4. The lowest BCUT2D eigenvalue weighted by Gasteiger charge is -2.30. The summed E-state index contributed by atoms with van der Waals surface area (Å²) in [5.41, 5.74) is 1.61. The standard InChI is InChI=1S/C20H19F4N3O3S/c1-11(20(22,23)24)26-31(29,30)14-5-6-16(25-10-14)18-8-12-7-15(21)19(28)9-17(12)27(18)13-3-2-4-13/h5-11,13,26,28H,2-4H2,1H3. The van der Waals surface area contributed by atoms with Crippen molar-refractivity contribution < 1.29 is 31.1 Å². The molecule has 1 unspecified atom stereocenters. The summed E-state index contributed by atoms with van der Waals surface area (Å²) in [6.07, 6.45) is -0.932. The Bertz CT molecular complexity index is 1230. The number of phenols is 1. The third-order valence-electron chi connectivity index (χ3n) is 5.48. The molecule has 0 aliphatic heterocycles. The number of nitrogens with one attached hydrogen (secondary N) is 1. The minimum absolute atomic E-state index is 0.122. The first kappa shape index (κ1) is 21.6. The summed E-state index contributed by atoms with van der Waals surface area (Å²) >= 11 is 0. The van der Waals surface area contributed by atoms with Crippen LogP contribution in [0.2, 0.25) is 0 Å². The number of sulfonamides is 1. The molecule has 1 aliphatic rings. The van der Waals surface area contributed by atoms with Gasteiger partial charge in [0.2, 0.25) is 10.0 Å². The van der Waals surface area contributed by atoms with Gasteiger partial charge in [0.05, 0.1) is 16.9 Å². The predicted molar refractivity (Wildman–Crippen MR) is 106 cm³/mol. The van der Waals surface area contributed by atoms with E-state index < -0.39 is 38.7 Å². The zero-order valence-corrected chi connectivity index (χ0v) is 17.1. The molecule has 31 heavy (non-hydrogen) atoms. The molecule has 0 bridgehead atoms. The van der Waals surface area contributed by atoms with Crippen LogP contribution in [0.3, 0.4) is 0 Å². The summed E-state index contributed by atoms with van der Waals surface area (Å²) in [5, 5.41) is 10.3. The van der Waals surface area contributed by atoms with Crippen molar-refractivity contribution in [3.8, 4) is 17.1 Å². The molecule has 3 aromatic rings. The van der Waals surface area contributed by atoms with Crippen LogP contribution in [0.15, 0.2) is 41.4 Å². The summed E-state index contributed by atoms with van der Waals surface area (Å²) in [6, 6.07) is 4.69. The highest BCUT2D eigenvalue weighted by Crippen LogP contribution is 2.41. The second-order valence-electron chi connectivity index (χ2n) is 7.61. The van der Waals surface area contributed by atoms with Gasteiger partial charge in [-0.2, -0.15) is 17.9 Å². The molecule has 2 N–H and O–H groups in total. The lowest BCUT2D eigenvalue weighted by Crippen LogP contribution is -2.42. The predicted octanol–water partition coefficient (Wildman–Crippen LogP) is 4.50. The SMILES string of the molecule is CC(NS(=O)(=O)c1ccc(-c2cc3cc(F)c(O)cc3n2C2CCC2)nc1)C(F)(F)F. The molecule has 1 fully saturated rings. The second-order valence-corrected chi connectivity index (χ2v) is 9.32. The molecule has 166 valence electrons. The maximum Gasteiger partial charge on any atom is 0.404 e. The van der Waals surface area contributed by atoms with Crippen molar-refractivity contribution in [3.05, 3.63) is 42.3 Å². The number of nitrogens with zero attached hydrogens (tertiary/aromatic N) is 2. The molecule has 4 rings (SSSR count). The maximum absolute atomic E-state index is 13.8. The zero-order chi connectivity index (χ0) is 22.6. The van der Waals surface area contributed by atoms with Crippen LogP contribution in [0.5, 0.6) is 5.75 Å².